The van der Waals surface area contributed by atoms with Crippen molar-refractivity contribution in [1.82, 2.24) is 5.32 Å². The Hall–Kier alpha value is -2.64. The summed E-state index contributed by atoms with van der Waals surface area (Å²) in [7, 11) is 0. The van der Waals surface area contributed by atoms with Gasteiger partial charge in [-0.15, -0.1) is 0 Å². The number of hydrogen-bond donors (Lipinski definition) is 3. The Balaban J connectivity index is 2.12. The molecule has 0 aromatic heterocycles. The summed E-state index contributed by atoms with van der Waals surface area (Å²) in [5.74, 6) is -1.48. The van der Waals surface area contributed by atoms with Crippen LogP contribution in [0.25, 0.3) is 0 Å². The molecule has 0 radical (unpaired) electrons. The van der Waals surface area contributed by atoms with Crippen molar-refractivity contribution in [1.29, 1.82) is 0 Å². The molecule has 25 heavy (non-hydrogen) atoms. The molecule has 1 amide bonds. The molecule has 0 saturated heterocycles. The fourth-order valence-corrected chi connectivity index (χ4v) is 3.00. The van der Waals surface area contributed by atoms with Gasteiger partial charge in [0.2, 0.25) is 0 Å². The van der Waals surface area contributed by atoms with E-state index in [1.807, 2.05) is 13.8 Å². The van der Waals surface area contributed by atoms with Crippen LogP contribution < -0.4 is 10.6 Å². The van der Waals surface area contributed by atoms with Crippen molar-refractivity contribution in [2.45, 2.75) is 51.6 Å². The summed E-state index contributed by atoms with van der Waals surface area (Å²) in [4.78, 5) is 33.9. The van der Waals surface area contributed by atoms with Crippen LogP contribution in [0.3, 0.4) is 0 Å². The summed E-state index contributed by atoms with van der Waals surface area (Å²) in [5.41, 5.74) is 0.433. The van der Waals surface area contributed by atoms with Crippen LogP contribution in [0.15, 0.2) is 18.2 Å². The monoisotopic (exact) mass is 349 g/mol. The van der Waals surface area contributed by atoms with Crippen molar-refractivity contribution in [2.24, 2.45) is 5.92 Å². The van der Waals surface area contributed by atoms with Crippen LogP contribution in [0.2, 0.25) is 0 Å². The summed E-state index contributed by atoms with van der Waals surface area (Å²) in [6.45, 7) is 3.63. The number of aliphatic carboxylic acids is 1. The molecule has 1 aromatic rings. The summed E-state index contributed by atoms with van der Waals surface area (Å²) in [6.07, 6.45) is 2.39. The molecule has 1 aliphatic carbocycles. The number of carboxylic acid groups (broad SMARTS) is 1. The molecule has 1 aliphatic rings. The lowest BCUT2D eigenvalue weighted by Crippen LogP contribution is -2.30. The average Bonchev–Trinajstić information content (AvgIpc) is 2.54. The molecule has 0 aliphatic heterocycles. The fourth-order valence-electron chi connectivity index (χ4n) is 3.00. The maximum absolute atomic E-state index is 12.0. The molecule has 8 nitrogen and oxygen atoms in total. The third kappa shape index (κ3) is 4.91. The number of nitro benzene ring substituents is 1. The minimum Gasteiger partial charge on any atom is -0.481 e. The number of nitrogens with one attached hydrogen (secondary N) is 2. The van der Waals surface area contributed by atoms with Crippen LogP contribution >= 0.6 is 0 Å². The van der Waals surface area contributed by atoms with Gasteiger partial charge in [-0.1, -0.05) is 0 Å². The predicted octanol–water partition coefficient (Wildman–Crippen LogP) is 2.79. The molecule has 3 N–H and O–H groups in total. The first-order valence-electron chi connectivity index (χ1n) is 8.36. The Morgan fingerprint density at radius 2 is 1.88 bits per heavy atom. The van der Waals surface area contributed by atoms with E-state index in [2.05, 4.69) is 10.6 Å². The van der Waals surface area contributed by atoms with Crippen LogP contribution in [-0.2, 0) is 4.79 Å². The van der Waals surface area contributed by atoms with Gasteiger partial charge in [-0.3, -0.25) is 19.7 Å². The Labute approximate surface area is 145 Å². The van der Waals surface area contributed by atoms with Gasteiger partial charge in [-0.25, -0.2) is 0 Å². The number of benzene rings is 1. The van der Waals surface area contributed by atoms with Gasteiger partial charge >= 0.3 is 5.97 Å². The second-order valence-electron chi connectivity index (χ2n) is 6.65. The van der Waals surface area contributed by atoms with Gasteiger partial charge in [-0.05, 0) is 51.7 Å². The molecule has 1 saturated carbocycles. The van der Waals surface area contributed by atoms with E-state index in [0.717, 1.165) is 0 Å². The number of carbonyl (C=O) groups is 2. The summed E-state index contributed by atoms with van der Waals surface area (Å²) < 4.78 is 0. The summed E-state index contributed by atoms with van der Waals surface area (Å²) in [6, 6.07) is 4.29. The highest BCUT2D eigenvalue weighted by Crippen LogP contribution is 2.31. The molecule has 8 heteroatoms. The average molecular weight is 349 g/mol. The van der Waals surface area contributed by atoms with Gasteiger partial charge in [-0.2, -0.15) is 0 Å². The highest BCUT2D eigenvalue weighted by Gasteiger charge is 2.27. The molecule has 2 rings (SSSR count). The van der Waals surface area contributed by atoms with Gasteiger partial charge in [0, 0.05) is 23.7 Å². The zero-order chi connectivity index (χ0) is 18.6. The minimum atomic E-state index is -0.787. The van der Waals surface area contributed by atoms with Gasteiger partial charge in [0.1, 0.15) is 5.69 Å². The molecule has 0 spiro atoms. The zero-order valence-electron chi connectivity index (χ0n) is 14.3. The van der Waals surface area contributed by atoms with E-state index in [0.29, 0.717) is 31.4 Å². The highest BCUT2D eigenvalue weighted by molar-refractivity contribution is 5.95. The second kappa shape index (κ2) is 7.96. The van der Waals surface area contributed by atoms with E-state index in [4.69, 9.17) is 5.11 Å². The van der Waals surface area contributed by atoms with Gasteiger partial charge in [0.15, 0.2) is 0 Å². The van der Waals surface area contributed by atoms with E-state index in [9.17, 15) is 19.7 Å². The number of nitro groups is 1. The van der Waals surface area contributed by atoms with Crippen molar-refractivity contribution < 1.29 is 19.6 Å². The molecule has 136 valence electrons. The second-order valence-corrected chi connectivity index (χ2v) is 6.65. The van der Waals surface area contributed by atoms with Crippen LogP contribution in [0, 0.1) is 16.0 Å². The molecule has 0 unspecified atom stereocenters. The van der Waals surface area contributed by atoms with E-state index in [-0.39, 0.29) is 35.2 Å². The van der Waals surface area contributed by atoms with Crippen LogP contribution in [-0.4, -0.2) is 34.0 Å². The lowest BCUT2D eigenvalue weighted by molar-refractivity contribution is -0.384. The van der Waals surface area contributed by atoms with Crippen molar-refractivity contribution in [3.8, 4) is 0 Å². The first-order chi connectivity index (χ1) is 11.8. The van der Waals surface area contributed by atoms with Crippen molar-refractivity contribution in [3.63, 3.8) is 0 Å². The van der Waals surface area contributed by atoms with E-state index < -0.39 is 10.9 Å². The van der Waals surface area contributed by atoms with Gasteiger partial charge < -0.3 is 15.7 Å². The first-order valence-corrected chi connectivity index (χ1v) is 8.36. The number of amides is 1. The van der Waals surface area contributed by atoms with E-state index >= 15 is 0 Å². The summed E-state index contributed by atoms with van der Waals surface area (Å²) in [5, 5.41) is 26.2. The Kier molecular flexibility index (Phi) is 5.95. The number of anilines is 1. The Bertz CT molecular complexity index is 666. The lowest BCUT2D eigenvalue weighted by atomic mass is 9.86. The molecular formula is C17H23N3O5. The van der Waals surface area contributed by atoms with Crippen molar-refractivity contribution in [2.75, 3.05) is 5.32 Å². The number of carbonyl (C=O) groups excluding carboxylic acids is 1. The molecule has 0 atom stereocenters. The van der Waals surface area contributed by atoms with Crippen molar-refractivity contribution in [3.05, 3.63) is 33.9 Å². The SMILES string of the molecule is CC(C)NC(=O)c1ccc(NC2CCC(C(=O)O)CC2)c([N+](=O)[O-])c1. The van der Waals surface area contributed by atoms with Gasteiger partial charge in [0.25, 0.3) is 11.6 Å². The number of carboxylic acids is 1. The molecule has 1 aromatic carbocycles. The minimum absolute atomic E-state index is 0.00959. The molecule has 0 heterocycles. The first kappa shape index (κ1) is 18.7. The largest absolute Gasteiger partial charge is 0.481 e. The number of hydrogen-bond acceptors (Lipinski definition) is 5. The number of rotatable bonds is 6. The molecule has 1 fully saturated rings. The third-order valence-corrected chi connectivity index (χ3v) is 4.31. The standard InChI is InChI=1S/C17H23N3O5/c1-10(2)18-16(21)12-5-8-14(15(9-12)20(24)25)19-13-6-3-11(4-7-13)17(22)23/h5,8-11,13,19H,3-4,6-7H2,1-2H3,(H,18,21)(H,22,23). The van der Waals surface area contributed by atoms with Gasteiger partial charge in [0.05, 0.1) is 10.8 Å². The van der Waals surface area contributed by atoms with E-state index in [1.165, 1.54) is 12.1 Å². The highest BCUT2D eigenvalue weighted by atomic mass is 16.6. The fraction of sp³-hybridized carbons (Fsp3) is 0.529. The smallest absolute Gasteiger partial charge is 0.306 e. The van der Waals surface area contributed by atoms with Crippen LogP contribution in [0.4, 0.5) is 11.4 Å². The number of nitrogens with zero attached hydrogens (tertiary/aromatic N) is 1. The topological polar surface area (TPSA) is 122 Å². The Morgan fingerprint density at radius 3 is 2.40 bits per heavy atom. The lowest BCUT2D eigenvalue weighted by Gasteiger charge is -2.27. The molecule has 0 bridgehead atoms. The molecular weight excluding hydrogens is 326 g/mol. The van der Waals surface area contributed by atoms with Crippen molar-refractivity contribution >= 4 is 23.3 Å². The quantitative estimate of drug-likeness (QED) is 0.536. The maximum Gasteiger partial charge on any atom is 0.306 e. The third-order valence-electron chi connectivity index (χ3n) is 4.31. The van der Waals surface area contributed by atoms with E-state index in [1.54, 1.807) is 6.07 Å². The predicted molar refractivity (Wildman–Crippen MR) is 92.7 cm³/mol. The Morgan fingerprint density at radius 1 is 1.24 bits per heavy atom. The normalized spacial score (nSPS) is 20.1. The summed E-state index contributed by atoms with van der Waals surface area (Å²) >= 11 is 0. The maximum atomic E-state index is 12.0. The zero-order valence-corrected chi connectivity index (χ0v) is 14.3. The van der Waals surface area contributed by atoms with Crippen LogP contribution in [0.5, 0.6) is 0 Å². The van der Waals surface area contributed by atoms with Crippen LogP contribution in [0.1, 0.15) is 49.9 Å².